The third-order valence-corrected chi connectivity index (χ3v) is 3.86. The van der Waals surface area contributed by atoms with Gasteiger partial charge in [-0.15, -0.1) is 0 Å². The Morgan fingerprint density at radius 2 is 2.06 bits per heavy atom. The molecule has 0 amide bonds. The van der Waals surface area contributed by atoms with Gasteiger partial charge in [0.25, 0.3) is 0 Å². The summed E-state index contributed by atoms with van der Waals surface area (Å²) in [6, 6.07) is 5.93. The Hall–Kier alpha value is -0.770. The number of likely N-dealkylation sites (N-methyl/N-ethyl adjacent to an activating group) is 1. The average Bonchev–Trinajstić information content (AvgIpc) is 2.89. The summed E-state index contributed by atoms with van der Waals surface area (Å²) in [6.07, 6.45) is 2.68. The number of rotatable bonds is 5. The first-order valence-corrected chi connectivity index (χ1v) is 7.00. The van der Waals surface area contributed by atoms with Gasteiger partial charge in [-0.2, -0.15) is 0 Å². The van der Waals surface area contributed by atoms with Crippen LogP contribution in [0.3, 0.4) is 0 Å². The highest BCUT2D eigenvalue weighted by molar-refractivity contribution is 6.30. The van der Waals surface area contributed by atoms with E-state index in [0.29, 0.717) is 6.54 Å². The molecule has 0 radical (unpaired) electrons. The molecule has 0 bridgehead atoms. The van der Waals surface area contributed by atoms with E-state index in [1.165, 1.54) is 25.9 Å². The molecule has 3 nitrogen and oxygen atoms in total. The van der Waals surface area contributed by atoms with Crippen LogP contribution in [0.15, 0.2) is 18.2 Å². The lowest BCUT2D eigenvalue weighted by Crippen LogP contribution is -2.32. The van der Waals surface area contributed by atoms with Crippen molar-refractivity contribution in [3.8, 4) is 0 Å². The van der Waals surface area contributed by atoms with Crippen LogP contribution in [0.25, 0.3) is 0 Å². The maximum absolute atomic E-state index is 6.07. The largest absolute Gasteiger partial charge is 0.373 e. The second-order valence-electron chi connectivity index (χ2n) is 4.95. The number of anilines is 1. The third kappa shape index (κ3) is 3.37. The van der Waals surface area contributed by atoms with Gasteiger partial charge < -0.3 is 15.5 Å². The minimum Gasteiger partial charge on any atom is -0.373 e. The second-order valence-corrected chi connectivity index (χ2v) is 5.38. The van der Waals surface area contributed by atoms with Crippen molar-refractivity contribution in [2.45, 2.75) is 19.4 Å². The fourth-order valence-corrected chi connectivity index (χ4v) is 2.65. The van der Waals surface area contributed by atoms with Gasteiger partial charge in [-0.25, -0.2) is 0 Å². The lowest BCUT2D eigenvalue weighted by Gasteiger charge is -2.25. The number of hydrogen-bond acceptors (Lipinski definition) is 3. The molecule has 0 aliphatic carbocycles. The highest BCUT2D eigenvalue weighted by Crippen LogP contribution is 2.23. The van der Waals surface area contributed by atoms with Crippen LogP contribution >= 0.6 is 11.6 Å². The Labute approximate surface area is 115 Å². The maximum Gasteiger partial charge on any atom is 0.0426 e. The van der Waals surface area contributed by atoms with E-state index in [1.54, 1.807) is 0 Å². The minimum atomic E-state index is 0.556. The van der Waals surface area contributed by atoms with Gasteiger partial charge in [-0.3, -0.25) is 0 Å². The molecule has 18 heavy (non-hydrogen) atoms. The highest BCUT2D eigenvalue weighted by atomic mass is 35.5. The number of nitrogens with two attached hydrogens (primary N) is 1. The molecule has 1 heterocycles. The van der Waals surface area contributed by atoms with Crippen molar-refractivity contribution in [2.24, 2.45) is 5.73 Å². The zero-order valence-corrected chi connectivity index (χ0v) is 11.8. The smallest absolute Gasteiger partial charge is 0.0426 e. The summed E-state index contributed by atoms with van der Waals surface area (Å²) in [4.78, 5) is 4.77. The summed E-state index contributed by atoms with van der Waals surface area (Å²) >= 11 is 6.07. The molecule has 1 aliphatic heterocycles. The van der Waals surface area contributed by atoms with E-state index in [0.717, 1.165) is 29.4 Å². The van der Waals surface area contributed by atoms with Gasteiger partial charge in [0.1, 0.15) is 0 Å². The van der Waals surface area contributed by atoms with Gasteiger partial charge in [0.2, 0.25) is 0 Å². The molecule has 1 fully saturated rings. The van der Waals surface area contributed by atoms with Gasteiger partial charge in [0.15, 0.2) is 0 Å². The summed E-state index contributed by atoms with van der Waals surface area (Å²) in [5, 5.41) is 0.773. The zero-order valence-electron chi connectivity index (χ0n) is 11.0. The monoisotopic (exact) mass is 267 g/mol. The Morgan fingerprint density at radius 3 is 2.72 bits per heavy atom. The molecule has 1 aromatic rings. The van der Waals surface area contributed by atoms with Crippen molar-refractivity contribution in [3.63, 3.8) is 0 Å². The first-order chi connectivity index (χ1) is 8.70. The molecule has 0 atom stereocenters. The maximum atomic E-state index is 6.07. The summed E-state index contributed by atoms with van der Waals surface area (Å²) in [7, 11) is 2.11. The Morgan fingerprint density at radius 1 is 1.33 bits per heavy atom. The van der Waals surface area contributed by atoms with E-state index in [2.05, 4.69) is 16.8 Å². The van der Waals surface area contributed by atoms with E-state index in [4.69, 9.17) is 17.3 Å². The van der Waals surface area contributed by atoms with Crippen molar-refractivity contribution < 1.29 is 0 Å². The average molecular weight is 268 g/mol. The van der Waals surface area contributed by atoms with Crippen LogP contribution in [0.4, 0.5) is 5.69 Å². The van der Waals surface area contributed by atoms with Crippen molar-refractivity contribution in [1.82, 2.24) is 4.90 Å². The molecule has 2 N–H and O–H groups in total. The first kappa shape index (κ1) is 13.7. The lowest BCUT2D eigenvalue weighted by molar-refractivity contribution is 0.346. The van der Waals surface area contributed by atoms with Crippen molar-refractivity contribution >= 4 is 17.3 Å². The molecule has 100 valence electrons. The van der Waals surface area contributed by atoms with E-state index in [1.807, 2.05) is 18.2 Å². The number of nitrogens with zero attached hydrogens (tertiary/aromatic N) is 2. The number of benzene rings is 1. The van der Waals surface area contributed by atoms with Gasteiger partial charge in [-0.05, 0) is 43.6 Å². The van der Waals surface area contributed by atoms with Gasteiger partial charge in [-0.1, -0.05) is 17.7 Å². The number of likely N-dealkylation sites (tertiary alicyclic amines) is 1. The molecular weight excluding hydrogens is 246 g/mol. The van der Waals surface area contributed by atoms with E-state index < -0.39 is 0 Å². The molecule has 0 aromatic heterocycles. The van der Waals surface area contributed by atoms with Crippen LogP contribution in [-0.2, 0) is 6.54 Å². The second kappa shape index (κ2) is 6.41. The molecule has 1 aliphatic rings. The molecule has 0 unspecified atom stereocenters. The summed E-state index contributed by atoms with van der Waals surface area (Å²) < 4.78 is 0. The van der Waals surface area contributed by atoms with Crippen LogP contribution in [0.1, 0.15) is 18.4 Å². The molecular formula is C14H22ClN3. The standard InChI is InChI=1S/C14H22ClN3/c1-17(8-9-18-6-2-3-7-18)14-10-13(15)5-4-12(14)11-16/h4-5,10H,2-3,6-9,11,16H2,1H3. The Kier molecular flexibility index (Phi) is 4.87. The van der Waals surface area contributed by atoms with Crippen molar-refractivity contribution in [1.29, 1.82) is 0 Å². The molecule has 1 aromatic carbocycles. The van der Waals surface area contributed by atoms with Crippen molar-refractivity contribution in [3.05, 3.63) is 28.8 Å². The molecule has 0 saturated carbocycles. The van der Waals surface area contributed by atoms with Crippen LogP contribution < -0.4 is 10.6 Å². The summed E-state index contributed by atoms with van der Waals surface area (Å²) in [5.41, 5.74) is 8.09. The molecule has 4 heteroatoms. The highest BCUT2D eigenvalue weighted by Gasteiger charge is 2.13. The third-order valence-electron chi connectivity index (χ3n) is 3.63. The quantitative estimate of drug-likeness (QED) is 0.889. The normalized spacial score (nSPS) is 16.2. The zero-order chi connectivity index (χ0) is 13.0. The van der Waals surface area contributed by atoms with E-state index >= 15 is 0 Å². The Bertz CT molecular complexity index is 389. The summed E-state index contributed by atoms with van der Waals surface area (Å²) in [5.74, 6) is 0. The van der Waals surface area contributed by atoms with Crippen LogP contribution in [-0.4, -0.2) is 38.1 Å². The lowest BCUT2D eigenvalue weighted by atomic mass is 10.1. The van der Waals surface area contributed by atoms with Crippen molar-refractivity contribution in [2.75, 3.05) is 38.1 Å². The fourth-order valence-electron chi connectivity index (χ4n) is 2.48. The Balaban J connectivity index is 1.98. The first-order valence-electron chi connectivity index (χ1n) is 6.62. The van der Waals surface area contributed by atoms with Gasteiger partial charge >= 0.3 is 0 Å². The molecule has 1 saturated heterocycles. The predicted molar refractivity (Wildman–Crippen MR) is 78.3 cm³/mol. The molecule has 0 spiro atoms. The van der Waals surface area contributed by atoms with E-state index in [9.17, 15) is 0 Å². The topological polar surface area (TPSA) is 32.5 Å². The predicted octanol–water partition coefficient (Wildman–Crippen LogP) is 2.33. The van der Waals surface area contributed by atoms with Crippen LogP contribution in [0.5, 0.6) is 0 Å². The van der Waals surface area contributed by atoms with Gasteiger partial charge in [0, 0.05) is 37.4 Å². The fraction of sp³-hybridized carbons (Fsp3) is 0.571. The SMILES string of the molecule is CN(CCN1CCCC1)c1cc(Cl)ccc1CN. The molecule has 2 rings (SSSR count). The number of halogens is 1. The summed E-state index contributed by atoms with van der Waals surface area (Å²) in [6.45, 7) is 5.18. The van der Waals surface area contributed by atoms with Gasteiger partial charge in [0.05, 0.1) is 0 Å². The van der Waals surface area contributed by atoms with E-state index in [-0.39, 0.29) is 0 Å². The minimum absolute atomic E-state index is 0.556. The number of hydrogen-bond donors (Lipinski definition) is 1. The van der Waals surface area contributed by atoms with Crippen LogP contribution in [0, 0.1) is 0 Å². The van der Waals surface area contributed by atoms with Crippen LogP contribution in [0.2, 0.25) is 5.02 Å².